The molecule has 0 aromatic heterocycles. The summed E-state index contributed by atoms with van der Waals surface area (Å²) in [6.45, 7) is 6.56. The molecule has 2 rings (SSSR count). The summed E-state index contributed by atoms with van der Waals surface area (Å²) < 4.78 is 0. The summed E-state index contributed by atoms with van der Waals surface area (Å²) in [6.07, 6.45) is 8.33. The lowest BCUT2D eigenvalue weighted by Crippen LogP contribution is -2.49. The summed E-state index contributed by atoms with van der Waals surface area (Å²) in [7, 11) is 0. The maximum absolute atomic E-state index is 11.5. The van der Waals surface area contributed by atoms with Gasteiger partial charge in [0, 0.05) is 12.6 Å². The van der Waals surface area contributed by atoms with Crippen LogP contribution in [0.1, 0.15) is 58.8 Å². The predicted molar refractivity (Wildman–Crippen MR) is 77.1 cm³/mol. The van der Waals surface area contributed by atoms with E-state index in [-0.39, 0.29) is 12.0 Å². The zero-order chi connectivity index (χ0) is 13.8. The first kappa shape index (κ1) is 14.8. The maximum Gasteiger partial charge on any atom is 0.308 e. The molecule has 3 unspecified atom stereocenters. The summed E-state index contributed by atoms with van der Waals surface area (Å²) in [5.41, 5.74) is 0. The molecule has 0 amide bonds. The zero-order valence-corrected chi connectivity index (χ0v) is 12.5. The molecule has 3 nitrogen and oxygen atoms in total. The van der Waals surface area contributed by atoms with Crippen LogP contribution in [0.15, 0.2) is 0 Å². The van der Waals surface area contributed by atoms with Crippen molar-refractivity contribution in [2.24, 2.45) is 17.8 Å². The van der Waals surface area contributed by atoms with Gasteiger partial charge < -0.3 is 5.11 Å². The van der Waals surface area contributed by atoms with Gasteiger partial charge in [0.1, 0.15) is 0 Å². The average Bonchev–Trinajstić information content (AvgIpc) is 2.37. The standard InChI is InChI=1S/C16H29NO2/c1-3-12-8-9-14(16(18)19)15(10-12)17(4-2)11-13-6-5-7-13/h12-15H,3-11H2,1-2H3,(H,18,19). The summed E-state index contributed by atoms with van der Waals surface area (Å²) >= 11 is 0. The van der Waals surface area contributed by atoms with E-state index in [4.69, 9.17) is 0 Å². The van der Waals surface area contributed by atoms with E-state index in [2.05, 4.69) is 18.7 Å². The SMILES string of the molecule is CCC1CCC(C(=O)O)C(N(CC)CC2CCC2)C1. The second-order valence-corrected chi connectivity index (χ2v) is 6.48. The zero-order valence-electron chi connectivity index (χ0n) is 12.5. The van der Waals surface area contributed by atoms with Crippen molar-refractivity contribution in [2.75, 3.05) is 13.1 Å². The smallest absolute Gasteiger partial charge is 0.308 e. The third-order valence-corrected chi connectivity index (χ3v) is 5.41. The van der Waals surface area contributed by atoms with Gasteiger partial charge in [-0.2, -0.15) is 0 Å². The molecular formula is C16H29NO2. The lowest BCUT2D eigenvalue weighted by Gasteiger charge is -2.43. The van der Waals surface area contributed by atoms with E-state index in [1.165, 1.54) is 25.7 Å². The molecule has 0 saturated heterocycles. The summed E-state index contributed by atoms with van der Waals surface area (Å²) in [4.78, 5) is 14.0. The maximum atomic E-state index is 11.5. The van der Waals surface area contributed by atoms with Gasteiger partial charge >= 0.3 is 5.97 Å². The number of rotatable bonds is 6. The highest BCUT2D eigenvalue weighted by Crippen LogP contribution is 2.36. The van der Waals surface area contributed by atoms with E-state index in [1.54, 1.807) is 0 Å². The molecular weight excluding hydrogens is 238 g/mol. The minimum atomic E-state index is -0.577. The molecule has 0 aliphatic heterocycles. The second kappa shape index (κ2) is 6.74. The molecule has 2 aliphatic rings. The Bertz CT molecular complexity index is 301. The first-order chi connectivity index (χ1) is 9.15. The van der Waals surface area contributed by atoms with Crippen molar-refractivity contribution < 1.29 is 9.90 Å². The Morgan fingerprint density at radius 3 is 2.37 bits per heavy atom. The molecule has 19 heavy (non-hydrogen) atoms. The van der Waals surface area contributed by atoms with E-state index in [1.807, 2.05) is 0 Å². The van der Waals surface area contributed by atoms with Crippen molar-refractivity contribution in [3.63, 3.8) is 0 Å². The fourth-order valence-corrected chi connectivity index (χ4v) is 3.80. The number of aliphatic carboxylic acids is 1. The average molecular weight is 267 g/mol. The highest BCUT2D eigenvalue weighted by atomic mass is 16.4. The van der Waals surface area contributed by atoms with Crippen molar-refractivity contribution in [2.45, 2.75) is 64.8 Å². The summed E-state index contributed by atoms with van der Waals surface area (Å²) in [5.74, 6) is 0.849. The van der Waals surface area contributed by atoms with Crippen LogP contribution in [0.25, 0.3) is 0 Å². The lowest BCUT2D eigenvalue weighted by molar-refractivity contribution is -0.146. The van der Waals surface area contributed by atoms with Crippen LogP contribution < -0.4 is 0 Å². The van der Waals surface area contributed by atoms with E-state index >= 15 is 0 Å². The Kier molecular flexibility index (Phi) is 5.26. The first-order valence-corrected chi connectivity index (χ1v) is 8.12. The van der Waals surface area contributed by atoms with Gasteiger partial charge in [-0.3, -0.25) is 9.69 Å². The predicted octanol–water partition coefficient (Wildman–Crippen LogP) is 3.39. The van der Waals surface area contributed by atoms with Crippen molar-refractivity contribution in [3.8, 4) is 0 Å². The Hall–Kier alpha value is -0.570. The van der Waals surface area contributed by atoms with Crippen LogP contribution in [0.5, 0.6) is 0 Å². The number of hydrogen-bond donors (Lipinski definition) is 1. The van der Waals surface area contributed by atoms with Crippen LogP contribution >= 0.6 is 0 Å². The minimum Gasteiger partial charge on any atom is -0.481 e. The molecule has 0 aromatic rings. The number of carbonyl (C=O) groups is 1. The lowest BCUT2D eigenvalue weighted by atomic mass is 9.75. The van der Waals surface area contributed by atoms with E-state index in [9.17, 15) is 9.90 Å². The first-order valence-electron chi connectivity index (χ1n) is 8.12. The molecule has 3 heteroatoms. The van der Waals surface area contributed by atoms with Crippen LogP contribution in [0.4, 0.5) is 0 Å². The minimum absolute atomic E-state index is 0.136. The topological polar surface area (TPSA) is 40.5 Å². The fourth-order valence-electron chi connectivity index (χ4n) is 3.80. The molecule has 2 aliphatic carbocycles. The quantitative estimate of drug-likeness (QED) is 0.802. The third kappa shape index (κ3) is 3.50. The molecule has 0 aromatic carbocycles. The molecule has 2 fully saturated rings. The molecule has 0 heterocycles. The van der Waals surface area contributed by atoms with Gasteiger partial charge in [-0.1, -0.05) is 26.7 Å². The van der Waals surface area contributed by atoms with Gasteiger partial charge in [-0.15, -0.1) is 0 Å². The number of carboxylic acid groups (broad SMARTS) is 1. The highest BCUT2D eigenvalue weighted by molar-refractivity contribution is 5.71. The number of carboxylic acids is 1. The van der Waals surface area contributed by atoms with Crippen LogP contribution in [-0.2, 0) is 4.79 Å². The molecule has 0 spiro atoms. The second-order valence-electron chi connectivity index (χ2n) is 6.48. The van der Waals surface area contributed by atoms with Crippen LogP contribution in [0.2, 0.25) is 0 Å². The Balaban J connectivity index is 2.02. The summed E-state index contributed by atoms with van der Waals surface area (Å²) in [6, 6.07) is 0.279. The van der Waals surface area contributed by atoms with Gasteiger partial charge in [0.25, 0.3) is 0 Å². The van der Waals surface area contributed by atoms with Crippen molar-refractivity contribution in [1.29, 1.82) is 0 Å². The van der Waals surface area contributed by atoms with Crippen LogP contribution in [0, 0.1) is 17.8 Å². The van der Waals surface area contributed by atoms with Crippen LogP contribution in [-0.4, -0.2) is 35.1 Å². The fraction of sp³-hybridized carbons (Fsp3) is 0.938. The monoisotopic (exact) mass is 267 g/mol. The van der Waals surface area contributed by atoms with Gasteiger partial charge in [0.05, 0.1) is 5.92 Å². The molecule has 3 atom stereocenters. The van der Waals surface area contributed by atoms with Crippen molar-refractivity contribution in [1.82, 2.24) is 4.90 Å². The molecule has 110 valence electrons. The molecule has 0 radical (unpaired) electrons. The Morgan fingerprint density at radius 2 is 1.89 bits per heavy atom. The van der Waals surface area contributed by atoms with Gasteiger partial charge in [-0.05, 0) is 50.5 Å². The van der Waals surface area contributed by atoms with E-state index in [0.717, 1.165) is 44.2 Å². The highest BCUT2D eigenvalue weighted by Gasteiger charge is 2.38. The van der Waals surface area contributed by atoms with Gasteiger partial charge in [0.2, 0.25) is 0 Å². The molecule has 0 bridgehead atoms. The molecule has 2 saturated carbocycles. The summed E-state index contributed by atoms with van der Waals surface area (Å²) in [5, 5.41) is 9.49. The van der Waals surface area contributed by atoms with Gasteiger partial charge in [-0.25, -0.2) is 0 Å². The molecule has 1 N–H and O–H groups in total. The van der Waals surface area contributed by atoms with Crippen molar-refractivity contribution in [3.05, 3.63) is 0 Å². The normalized spacial score (nSPS) is 32.3. The Morgan fingerprint density at radius 1 is 1.16 bits per heavy atom. The van der Waals surface area contributed by atoms with Crippen molar-refractivity contribution >= 4 is 5.97 Å². The number of hydrogen-bond acceptors (Lipinski definition) is 2. The number of nitrogens with zero attached hydrogens (tertiary/aromatic N) is 1. The Labute approximate surface area is 117 Å². The van der Waals surface area contributed by atoms with E-state index < -0.39 is 5.97 Å². The van der Waals surface area contributed by atoms with Crippen LogP contribution in [0.3, 0.4) is 0 Å². The third-order valence-electron chi connectivity index (χ3n) is 5.41. The van der Waals surface area contributed by atoms with Gasteiger partial charge in [0.15, 0.2) is 0 Å². The largest absolute Gasteiger partial charge is 0.481 e. The van der Waals surface area contributed by atoms with E-state index in [0.29, 0.717) is 0 Å².